The number of nitrogens with zero attached hydrogens (tertiary/aromatic N) is 2. The fraction of sp³-hybridized carbons (Fsp3) is 0.167. The van der Waals surface area contributed by atoms with Gasteiger partial charge in [-0.05, 0) is 24.1 Å². The van der Waals surface area contributed by atoms with Gasteiger partial charge in [0.05, 0.1) is 0 Å². The first-order valence-electron chi connectivity index (χ1n) is 4.89. The molecular weight excluding hydrogens is 188 g/mol. The highest BCUT2D eigenvalue weighted by Crippen LogP contribution is 1.99. The number of rotatable bonds is 3. The van der Waals surface area contributed by atoms with Gasteiger partial charge in [-0.2, -0.15) is 0 Å². The molecule has 2 aromatic rings. The standard InChI is InChI=1S/C12H12N2O/c15-12-4-9-14(10-5-12)8-3-11-1-6-13-7-2-11/h1-2,4-7,9-10H,3,8H2. The Balaban J connectivity index is 1.99. The number of hydrogen-bond acceptors (Lipinski definition) is 2. The van der Waals surface area contributed by atoms with E-state index in [1.165, 1.54) is 5.56 Å². The average molecular weight is 200 g/mol. The Bertz CT molecular complexity index is 456. The van der Waals surface area contributed by atoms with Gasteiger partial charge < -0.3 is 4.57 Å². The fourth-order valence-electron chi connectivity index (χ4n) is 1.40. The zero-order valence-corrected chi connectivity index (χ0v) is 8.34. The van der Waals surface area contributed by atoms with Crippen molar-refractivity contribution in [3.63, 3.8) is 0 Å². The van der Waals surface area contributed by atoms with Crippen molar-refractivity contribution in [3.05, 3.63) is 64.8 Å². The van der Waals surface area contributed by atoms with E-state index in [9.17, 15) is 4.79 Å². The molecule has 0 saturated carbocycles. The largest absolute Gasteiger partial charge is 0.354 e. The summed E-state index contributed by atoms with van der Waals surface area (Å²) in [7, 11) is 0. The van der Waals surface area contributed by atoms with E-state index in [1.807, 2.05) is 29.1 Å². The molecule has 3 nitrogen and oxygen atoms in total. The zero-order valence-electron chi connectivity index (χ0n) is 8.34. The summed E-state index contributed by atoms with van der Waals surface area (Å²) in [4.78, 5) is 14.8. The third kappa shape index (κ3) is 2.77. The Morgan fingerprint density at radius 1 is 1.07 bits per heavy atom. The van der Waals surface area contributed by atoms with E-state index >= 15 is 0 Å². The lowest BCUT2D eigenvalue weighted by molar-refractivity contribution is 0.690. The van der Waals surface area contributed by atoms with Crippen LogP contribution in [0.5, 0.6) is 0 Å². The zero-order chi connectivity index (χ0) is 10.5. The molecule has 0 radical (unpaired) electrons. The molecule has 2 aromatic heterocycles. The van der Waals surface area contributed by atoms with Gasteiger partial charge in [-0.1, -0.05) is 0 Å². The van der Waals surface area contributed by atoms with Crippen LogP contribution in [0.4, 0.5) is 0 Å². The summed E-state index contributed by atoms with van der Waals surface area (Å²) in [6, 6.07) is 7.16. The second-order valence-electron chi connectivity index (χ2n) is 3.38. The van der Waals surface area contributed by atoms with E-state index in [0.29, 0.717) is 0 Å². The molecule has 0 amide bonds. The molecule has 0 spiro atoms. The van der Waals surface area contributed by atoms with Crippen molar-refractivity contribution in [2.45, 2.75) is 13.0 Å². The van der Waals surface area contributed by atoms with Crippen molar-refractivity contribution < 1.29 is 0 Å². The van der Waals surface area contributed by atoms with Crippen LogP contribution in [0.1, 0.15) is 5.56 Å². The Labute approximate surface area is 88.0 Å². The van der Waals surface area contributed by atoms with Crippen molar-refractivity contribution in [3.8, 4) is 0 Å². The smallest absolute Gasteiger partial charge is 0.181 e. The molecule has 0 unspecified atom stereocenters. The van der Waals surface area contributed by atoms with Gasteiger partial charge >= 0.3 is 0 Å². The molecule has 2 heterocycles. The van der Waals surface area contributed by atoms with E-state index in [4.69, 9.17) is 0 Å². The number of aryl methyl sites for hydroxylation is 2. The quantitative estimate of drug-likeness (QED) is 0.752. The lowest BCUT2D eigenvalue weighted by atomic mass is 10.2. The van der Waals surface area contributed by atoms with Crippen LogP contribution in [0.15, 0.2) is 53.8 Å². The Kier molecular flexibility index (Phi) is 2.93. The van der Waals surface area contributed by atoms with Gasteiger partial charge in [0.1, 0.15) is 0 Å². The molecule has 0 N–H and O–H groups in total. The van der Waals surface area contributed by atoms with Crippen LogP contribution in [0.2, 0.25) is 0 Å². The minimum absolute atomic E-state index is 0.0511. The Hall–Kier alpha value is -1.90. The molecule has 0 aliphatic heterocycles. The van der Waals surface area contributed by atoms with E-state index in [2.05, 4.69) is 4.98 Å². The van der Waals surface area contributed by atoms with Gasteiger partial charge in [0.15, 0.2) is 5.43 Å². The molecule has 76 valence electrons. The van der Waals surface area contributed by atoms with Crippen molar-refractivity contribution in [1.29, 1.82) is 0 Å². The van der Waals surface area contributed by atoms with E-state index in [0.717, 1.165) is 13.0 Å². The minimum atomic E-state index is 0.0511. The van der Waals surface area contributed by atoms with E-state index in [1.54, 1.807) is 24.5 Å². The fourth-order valence-corrected chi connectivity index (χ4v) is 1.40. The van der Waals surface area contributed by atoms with Gasteiger partial charge in [-0.3, -0.25) is 9.78 Å². The molecule has 0 aliphatic carbocycles. The maximum absolute atomic E-state index is 10.9. The molecule has 0 atom stereocenters. The number of pyridine rings is 2. The summed E-state index contributed by atoms with van der Waals surface area (Å²) in [5.74, 6) is 0. The van der Waals surface area contributed by atoms with Gasteiger partial charge in [0, 0.05) is 43.5 Å². The summed E-state index contributed by atoms with van der Waals surface area (Å²) in [5.41, 5.74) is 1.30. The molecule has 0 saturated heterocycles. The first-order chi connectivity index (χ1) is 7.34. The van der Waals surface area contributed by atoms with Crippen LogP contribution in [0.25, 0.3) is 0 Å². The number of aromatic nitrogens is 2. The Morgan fingerprint density at radius 3 is 2.40 bits per heavy atom. The highest BCUT2D eigenvalue weighted by atomic mass is 16.1. The maximum Gasteiger partial charge on any atom is 0.181 e. The molecule has 2 rings (SSSR count). The van der Waals surface area contributed by atoms with Gasteiger partial charge in [0.2, 0.25) is 0 Å². The molecular formula is C12H12N2O. The topological polar surface area (TPSA) is 34.9 Å². The third-order valence-corrected chi connectivity index (χ3v) is 2.27. The summed E-state index contributed by atoms with van der Waals surface area (Å²) in [5, 5.41) is 0. The summed E-state index contributed by atoms with van der Waals surface area (Å²) < 4.78 is 2.00. The highest BCUT2D eigenvalue weighted by molar-refractivity contribution is 5.09. The Morgan fingerprint density at radius 2 is 1.73 bits per heavy atom. The van der Waals surface area contributed by atoms with Crippen LogP contribution in [0.3, 0.4) is 0 Å². The average Bonchev–Trinajstić information content (AvgIpc) is 2.30. The van der Waals surface area contributed by atoms with Crippen LogP contribution < -0.4 is 5.43 Å². The normalized spacial score (nSPS) is 10.1. The van der Waals surface area contributed by atoms with Gasteiger partial charge in [0.25, 0.3) is 0 Å². The molecule has 0 bridgehead atoms. The summed E-state index contributed by atoms with van der Waals surface area (Å²) in [6.07, 6.45) is 8.15. The SMILES string of the molecule is O=c1ccn(CCc2ccncc2)cc1. The molecule has 15 heavy (non-hydrogen) atoms. The minimum Gasteiger partial charge on any atom is -0.354 e. The second-order valence-corrected chi connectivity index (χ2v) is 3.38. The predicted molar refractivity (Wildman–Crippen MR) is 58.6 cm³/mol. The van der Waals surface area contributed by atoms with Crippen molar-refractivity contribution >= 4 is 0 Å². The van der Waals surface area contributed by atoms with Crippen LogP contribution in [0, 0.1) is 0 Å². The summed E-state index contributed by atoms with van der Waals surface area (Å²) >= 11 is 0. The molecule has 0 fully saturated rings. The second kappa shape index (κ2) is 4.55. The van der Waals surface area contributed by atoms with Crippen molar-refractivity contribution in [2.24, 2.45) is 0 Å². The van der Waals surface area contributed by atoms with Gasteiger partial charge in [-0.25, -0.2) is 0 Å². The maximum atomic E-state index is 10.9. The first-order valence-corrected chi connectivity index (χ1v) is 4.89. The van der Waals surface area contributed by atoms with Gasteiger partial charge in [-0.15, -0.1) is 0 Å². The highest BCUT2D eigenvalue weighted by Gasteiger charge is 1.92. The van der Waals surface area contributed by atoms with Crippen LogP contribution in [-0.4, -0.2) is 9.55 Å². The molecule has 0 aromatic carbocycles. The third-order valence-electron chi connectivity index (χ3n) is 2.27. The van der Waals surface area contributed by atoms with E-state index in [-0.39, 0.29) is 5.43 Å². The summed E-state index contributed by atoms with van der Waals surface area (Å²) in [6.45, 7) is 0.879. The van der Waals surface area contributed by atoms with Crippen molar-refractivity contribution in [1.82, 2.24) is 9.55 Å². The lowest BCUT2D eigenvalue weighted by Crippen LogP contribution is -2.05. The van der Waals surface area contributed by atoms with Crippen LogP contribution in [-0.2, 0) is 13.0 Å². The van der Waals surface area contributed by atoms with Crippen molar-refractivity contribution in [2.75, 3.05) is 0 Å². The predicted octanol–water partition coefficient (Wildman–Crippen LogP) is 1.49. The van der Waals surface area contributed by atoms with E-state index < -0.39 is 0 Å². The van der Waals surface area contributed by atoms with Crippen LogP contribution >= 0.6 is 0 Å². The number of hydrogen-bond donors (Lipinski definition) is 0. The molecule has 0 aliphatic rings. The monoisotopic (exact) mass is 200 g/mol. The molecule has 3 heteroatoms. The first kappa shape index (κ1) is 9.65. The lowest BCUT2D eigenvalue weighted by Gasteiger charge is -2.04.